The predicted molar refractivity (Wildman–Crippen MR) is 89.5 cm³/mol. The summed E-state index contributed by atoms with van der Waals surface area (Å²) in [6.07, 6.45) is 4.78. The Hall–Kier alpha value is -2.97. The number of carbonyl (C=O) groups is 1. The van der Waals surface area contributed by atoms with E-state index in [0.29, 0.717) is 17.0 Å². The van der Waals surface area contributed by atoms with Gasteiger partial charge in [-0.2, -0.15) is 5.10 Å². The molecular formula is C15H20N8O. The lowest BCUT2D eigenvalue weighted by Gasteiger charge is -2.20. The van der Waals surface area contributed by atoms with Gasteiger partial charge < -0.3 is 15.2 Å². The smallest absolute Gasteiger partial charge is 0.240 e. The summed E-state index contributed by atoms with van der Waals surface area (Å²) in [5, 5.41) is 7.20. The highest BCUT2D eigenvalue weighted by molar-refractivity contribution is 5.87. The fourth-order valence-electron chi connectivity index (χ4n) is 2.64. The minimum Gasteiger partial charge on any atom is -0.348 e. The Morgan fingerprint density at radius 1 is 1.42 bits per heavy atom. The quantitative estimate of drug-likeness (QED) is 0.715. The molecule has 3 heterocycles. The van der Waals surface area contributed by atoms with Gasteiger partial charge in [-0.25, -0.2) is 15.0 Å². The van der Waals surface area contributed by atoms with E-state index in [1.807, 2.05) is 27.9 Å². The molecule has 3 aromatic rings. The third kappa shape index (κ3) is 2.92. The molecule has 0 aromatic carbocycles. The van der Waals surface area contributed by atoms with E-state index in [4.69, 9.17) is 0 Å². The van der Waals surface area contributed by atoms with Crippen molar-refractivity contribution in [1.29, 1.82) is 0 Å². The molecule has 0 unspecified atom stereocenters. The molecule has 0 aliphatic carbocycles. The van der Waals surface area contributed by atoms with Crippen LogP contribution in [0.15, 0.2) is 18.9 Å². The van der Waals surface area contributed by atoms with E-state index in [1.54, 1.807) is 22.1 Å². The number of imidazole rings is 1. The fourth-order valence-corrected chi connectivity index (χ4v) is 2.64. The number of anilines is 1. The van der Waals surface area contributed by atoms with Crippen LogP contribution in [-0.2, 0) is 11.8 Å². The lowest BCUT2D eigenvalue weighted by molar-refractivity contribution is -0.120. The summed E-state index contributed by atoms with van der Waals surface area (Å²) in [6.45, 7) is 4.10. The fraction of sp³-hybridized carbons (Fsp3) is 0.400. The van der Waals surface area contributed by atoms with Crippen LogP contribution in [0.5, 0.6) is 0 Å². The van der Waals surface area contributed by atoms with Gasteiger partial charge in [-0.3, -0.25) is 9.48 Å². The summed E-state index contributed by atoms with van der Waals surface area (Å²) in [4.78, 5) is 29.5. The van der Waals surface area contributed by atoms with Crippen molar-refractivity contribution in [3.63, 3.8) is 0 Å². The van der Waals surface area contributed by atoms with Crippen LogP contribution < -0.4 is 10.2 Å². The second-order valence-electron chi connectivity index (χ2n) is 5.75. The van der Waals surface area contributed by atoms with Gasteiger partial charge in [-0.05, 0) is 13.8 Å². The molecule has 0 saturated carbocycles. The van der Waals surface area contributed by atoms with Crippen LogP contribution in [0.2, 0.25) is 0 Å². The highest BCUT2D eigenvalue weighted by atomic mass is 16.2. The topological polar surface area (TPSA) is 105 Å². The highest BCUT2D eigenvalue weighted by Crippen LogP contribution is 2.19. The summed E-state index contributed by atoms with van der Waals surface area (Å²) < 4.78 is 1.79. The zero-order valence-corrected chi connectivity index (χ0v) is 14.1. The summed E-state index contributed by atoms with van der Waals surface area (Å²) in [5.74, 6) is 0.539. The van der Waals surface area contributed by atoms with Gasteiger partial charge in [0.15, 0.2) is 11.5 Å². The third-order valence-electron chi connectivity index (χ3n) is 4.06. The van der Waals surface area contributed by atoms with Gasteiger partial charge in [-0.1, -0.05) is 0 Å². The molecule has 0 radical (unpaired) electrons. The van der Waals surface area contributed by atoms with E-state index in [-0.39, 0.29) is 18.5 Å². The van der Waals surface area contributed by atoms with Crippen LogP contribution in [0, 0.1) is 6.92 Å². The van der Waals surface area contributed by atoms with E-state index in [1.165, 1.54) is 6.33 Å². The molecule has 0 fully saturated rings. The van der Waals surface area contributed by atoms with Crippen LogP contribution >= 0.6 is 0 Å². The number of fused-ring (bicyclic) bond motifs is 1. The molecule has 3 aromatic heterocycles. The molecule has 0 aliphatic rings. The molecule has 0 saturated heterocycles. The number of nitrogens with one attached hydrogen (secondary N) is 2. The lowest BCUT2D eigenvalue weighted by atomic mass is 10.1. The minimum atomic E-state index is -0.114. The van der Waals surface area contributed by atoms with E-state index < -0.39 is 0 Å². The Kier molecular flexibility index (Phi) is 4.15. The van der Waals surface area contributed by atoms with Gasteiger partial charge >= 0.3 is 0 Å². The predicted octanol–water partition coefficient (Wildman–Crippen LogP) is 0.708. The van der Waals surface area contributed by atoms with Gasteiger partial charge in [0.05, 0.1) is 25.1 Å². The Morgan fingerprint density at radius 3 is 2.92 bits per heavy atom. The van der Waals surface area contributed by atoms with Crippen molar-refractivity contribution in [1.82, 2.24) is 35.0 Å². The lowest BCUT2D eigenvalue weighted by Crippen LogP contribution is -2.37. The number of likely N-dealkylation sites (N-methyl/N-ethyl adjacent to an activating group) is 1. The Balaban J connectivity index is 1.68. The number of aromatic nitrogens is 6. The van der Waals surface area contributed by atoms with Crippen molar-refractivity contribution in [2.24, 2.45) is 7.05 Å². The maximum atomic E-state index is 12.4. The van der Waals surface area contributed by atoms with Gasteiger partial charge in [0.2, 0.25) is 5.91 Å². The second kappa shape index (κ2) is 6.26. The van der Waals surface area contributed by atoms with Crippen LogP contribution in [0.3, 0.4) is 0 Å². The molecule has 9 nitrogen and oxygen atoms in total. The van der Waals surface area contributed by atoms with Crippen LogP contribution in [0.1, 0.15) is 24.2 Å². The number of carbonyl (C=O) groups excluding carboxylic acids is 1. The Labute approximate surface area is 139 Å². The van der Waals surface area contributed by atoms with Gasteiger partial charge in [0.25, 0.3) is 0 Å². The zero-order chi connectivity index (χ0) is 17.3. The van der Waals surface area contributed by atoms with Crippen molar-refractivity contribution in [2.75, 3.05) is 18.5 Å². The van der Waals surface area contributed by atoms with E-state index in [0.717, 1.165) is 11.3 Å². The average Bonchev–Trinajstić information content (AvgIpc) is 3.14. The molecule has 2 N–H and O–H groups in total. The molecule has 0 aliphatic heterocycles. The van der Waals surface area contributed by atoms with Gasteiger partial charge in [-0.15, -0.1) is 0 Å². The molecule has 24 heavy (non-hydrogen) atoms. The standard InChI is InChI=1S/C15H20N8O/c1-9(11-5-20-23(4)10(11)2)21-12(24)6-22(3)15-13-14(17-7-16-13)18-8-19-15/h5,7-9H,6H2,1-4H3,(H,21,24)(H,16,17,18,19)/t9-/m0/s1. The Bertz CT molecular complexity index is 867. The summed E-state index contributed by atoms with van der Waals surface area (Å²) >= 11 is 0. The molecular weight excluding hydrogens is 308 g/mol. The molecule has 9 heteroatoms. The Morgan fingerprint density at radius 2 is 2.21 bits per heavy atom. The number of nitrogens with zero attached hydrogens (tertiary/aromatic N) is 6. The summed E-state index contributed by atoms with van der Waals surface area (Å²) in [5.41, 5.74) is 3.33. The summed E-state index contributed by atoms with van der Waals surface area (Å²) in [6, 6.07) is -0.114. The first-order valence-electron chi connectivity index (χ1n) is 7.60. The number of amides is 1. The summed E-state index contributed by atoms with van der Waals surface area (Å²) in [7, 11) is 3.69. The number of aryl methyl sites for hydroxylation is 1. The van der Waals surface area contributed by atoms with Crippen molar-refractivity contribution in [2.45, 2.75) is 19.9 Å². The first-order chi connectivity index (χ1) is 11.5. The maximum Gasteiger partial charge on any atom is 0.240 e. The SMILES string of the molecule is Cc1c([C@H](C)NC(=O)CN(C)c2ncnc3nc[nH]c23)cnn1C. The van der Waals surface area contributed by atoms with Crippen LogP contribution in [0.25, 0.3) is 11.2 Å². The van der Waals surface area contributed by atoms with Crippen molar-refractivity contribution >= 4 is 22.9 Å². The largest absolute Gasteiger partial charge is 0.348 e. The molecule has 0 bridgehead atoms. The average molecular weight is 328 g/mol. The third-order valence-corrected chi connectivity index (χ3v) is 4.06. The van der Waals surface area contributed by atoms with Crippen molar-refractivity contribution < 1.29 is 4.79 Å². The molecule has 3 rings (SSSR count). The monoisotopic (exact) mass is 328 g/mol. The number of aromatic amines is 1. The molecule has 0 spiro atoms. The zero-order valence-electron chi connectivity index (χ0n) is 14.1. The number of rotatable bonds is 5. The van der Waals surface area contributed by atoms with Gasteiger partial charge in [0.1, 0.15) is 11.8 Å². The van der Waals surface area contributed by atoms with Crippen molar-refractivity contribution in [3.8, 4) is 0 Å². The van der Waals surface area contributed by atoms with E-state index in [2.05, 4.69) is 30.4 Å². The number of H-pyrrole nitrogens is 1. The van der Waals surface area contributed by atoms with E-state index >= 15 is 0 Å². The second-order valence-corrected chi connectivity index (χ2v) is 5.75. The molecule has 1 amide bonds. The van der Waals surface area contributed by atoms with E-state index in [9.17, 15) is 4.79 Å². The first kappa shape index (κ1) is 15.9. The molecule has 126 valence electrons. The van der Waals surface area contributed by atoms with Crippen LogP contribution in [0.4, 0.5) is 5.82 Å². The first-order valence-corrected chi connectivity index (χ1v) is 7.60. The number of hydrogen-bond acceptors (Lipinski definition) is 6. The van der Waals surface area contributed by atoms with Crippen LogP contribution in [-0.4, -0.2) is 49.2 Å². The number of hydrogen-bond donors (Lipinski definition) is 2. The van der Waals surface area contributed by atoms with Gasteiger partial charge in [0, 0.05) is 25.4 Å². The maximum absolute atomic E-state index is 12.4. The normalized spacial score (nSPS) is 12.3. The highest BCUT2D eigenvalue weighted by Gasteiger charge is 2.17. The molecule has 1 atom stereocenters. The minimum absolute atomic E-state index is 0.0977. The van der Waals surface area contributed by atoms with Crippen molar-refractivity contribution in [3.05, 3.63) is 30.1 Å².